The summed E-state index contributed by atoms with van der Waals surface area (Å²) in [6.45, 7) is 1.78. The lowest BCUT2D eigenvalue weighted by atomic mass is 10.1. The van der Waals surface area contributed by atoms with Crippen molar-refractivity contribution in [1.82, 2.24) is 5.32 Å². The summed E-state index contributed by atoms with van der Waals surface area (Å²) >= 11 is 0. The lowest BCUT2D eigenvalue weighted by molar-refractivity contribution is 0.0882. The third-order valence-corrected chi connectivity index (χ3v) is 1.97. The first kappa shape index (κ1) is 8.04. The number of fused-ring (bicyclic) bond motifs is 1. The van der Waals surface area contributed by atoms with Gasteiger partial charge < -0.3 is 10.1 Å². The van der Waals surface area contributed by atoms with Crippen LogP contribution in [0.5, 0.6) is 5.75 Å². The molecule has 0 saturated heterocycles. The van der Waals surface area contributed by atoms with Gasteiger partial charge in [-0.1, -0.05) is 0 Å². The summed E-state index contributed by atoms with van der Waals surface area (Å²) in [6.07, 6.45) is 0. The van der Waals surface area contributed by atoms with E-state index >= 15 is 0 Å². The molecule has 4 heteroatoms. The van der Waals surface area contributed by atoms with Gasteiger partial charge in [0, 0.05) is 0 Å². The summed E-state index contributed by atoms with van der Waals surface area (Å²) in [5.41, 5.74) is 0.739. The number of carbonyl (C=O) groups is 1. The van der Waals surface area contributed by atoms with Crippen molar-refractivity contribution in [1.29, 1.82) is 0 Å². The fourth-order valence-electron chi connectivity index (χ4n) is 1.23. The first-order valence-electron chi connectivity index (χ1n) is 3.89. The van der Waals surface area contributed by atoms with Crippen molar-refractivity contribution in [2.24, 2.45) is 0 Å². The molecule has 2 rings (SSSR count). The van der Waals surface area contributed by atoms with Crippen molar-refractivity contribution in [2.45, 2.75) is 6.92 Å². The van der Waals surface area contributed by atoms with Crippen molar-refractivity contribution in [3.05, 3.63) is 29.1 Å². The first-order valence-corrected chi connectivity index (χ1v) is 3.89. The van der Waals surface area contributed by atoms with Gasteiger partial charge in [-0.15, -0.1) is 0 Å². The smallest absolute Gasteiger partial charge is 0.257 e. The van der Waals surface area contributed by atoms with Gasteiger partial charge in [-0.3, -0.25) is 4.79 Å². The maximum atomic E-state index is 13.0. The van der Waals surface area contributed by atoms with Crippen LogP contribution in [0.1, 0.15) is 15.9 Å². The number of hydrogen-bond donors (Lipinski definition) is 1. The molecular formula is C9H8FNO2. The zero-order valence-electron chi connectivity index (χ0n) is 7.06. The number of ether oxygens (including phenoxy) is 1. The van der Waals surface area contributed by atoms with E-state index in [1.54, 1.807) is 6.92 Å². The fraction of sp³-hybridized carbons (Fsp3) is 0.222. The molecule has 1 aromatic carbocycles. The highest BCUT2D eigenvalue weighted by molar-refractivity contribution is 5.97. The van der Waals surface area contributed by atoms with Crippen molar-refractivity contribution < 1.29 is 13.9 Å². The molecule has 1 aliphatic heterocycles. The SMILES string of the molecule is Cc1cc2c(cc1F)C(=O)NCO2. The van der Waals surface area contributed by atoms with Crippen LogP contribution in [0.25, 0.3) is 0 Å². The molecule has 0 aliphatic carbocycles. The zero-order valence-corrected chi connectivity index (χ0v) is 7.06. The van der Waals surface area contributed by atoms with Gasteiger partial charge in [0.15, 0.2) is 6.73 Å². The lowest BCUT2D eigenvalue weighted by Gasteiger charge is -2.18. The number of benzene rings is 1. The summed E-state index contributed by atoms with van der Waals surface area (Å²) in [5.74, 6) is -0.234. The molecule has 0 fully saturated rings. The molecule has 13 heavy (non-hydrogen) atoms. The Hall–Kier alpha value is -1.58. The van der Waals surface area contributed by atoms with Crippen LogP contribution >= 0.6 is 0 Å². The van der Waals surface area contributed by atoms with Gasteiger partial charge in [-0.25, -0.2) is 4.39 Å². The van der Waals surface area contributed by atoms with Gasteiger partial charge in [0.25, 0.3) is 5.91 Å². The molecule has 0 radical (unpaired) electrons. The summed E-state index contributed by atoms with van der Waals surface area (Å²) in [6, 6.07) is 2.72. The number of aryl methyl sites for hydroxylation is 1. The molecule has 1 N–H and O–H groups in total. The van der Waals surface area contributed by atoms with Crippen LogP contribution in [-0.2, 0) is 0 Å². The number of carbonyl (C=O) groups excluding carboxylic acids is 1. The van der Waals surface area contributed by atoms with Gasteiger partial charge in [0.2, 0.25) is 0 Å². The minimum atomic E-state index is -0.389. The highest BCUT2D eigenvalue weighted by Crippen LogP contribution is 2.24. The molecule has 1 aromatic rings. The molecule has 0 bridgehead atoms. The molecule has 0 saturated carbocycles. The molecular weight excluding hydrogens is 173 g/mol. The standard InChI is InChI=1S/C9H8FNO2/c1-5-2-8-6(3-7(5)10)9(12)11-4-13-8/h2-3H,4H2,1H3,(H,11,12). The molecule has 68 valence electrons. The van der Waals surface area contributed by atoms with Crippen LogP contribution in [-0.4, -0.2) is 12.6 Å². The number of rotatable bonds is 0. The Morgan fingerprint density at radius 2 is 2.31 bits per heavy atom. The van der Waals surface area contributed by atoms with Crippen LogP contribution in [0.2, 0.25) is 0 Å². The van der Waals surface area contributed by atoms with Gasteiger partial charge in [-0.05, 0) is 24.6 Å². The summed E-state index contributed by atoms with van der Waals surface area (Å²) < 4.78 is 18.2. The van der Waals surface area contributed by atoms with Crippen LogP contribution < -0.4 is 10.1 Å². The number of amides is 1. The molecule has 0 aromatic heterocycles. The Balaban J connectivity index is 2.58. The average molecular weight is 181 g/mol. The molecule has 0 spiro atoms. The molecule has 1 heterocycles. The Bertz CT molecular complexity index is 376. The minimum absolute atomic E-state index is 0.150. The molecule has 1 aliphatic rings. The second kappa shape index (κ2) is 2.73. The minimum Gasteiger partial charge on any atom is -0.472 e. The Labute approximate surface area is 74.5 Å². The first-order chi connectivity index (χ1) is 6.18. The zero-order chi connectivity index (χ0) is 9.42. The van der Waals surface area contributed by atoms with Gasteiger partial charge in [0.05, 0.1) is 5.56 Å². The van der Waals surface area contributed by atoms with E-state index in [0.717, 1.165) is 0 Å². The van der Waals surface area contributed by atoms with Crippen LogP contribution in [0, 0.1) is 12.7 Å². The monoisotopic (exact) mass is 181 g/mol. The predicted octanol–water partition coefficient (Wildman–Crippen LogP) is 1.21. The summed E-state index contributed by atoms with van der Waals surface area (Å²) in [7, 11) is 0. The van der Waals surface area contributed by atoms with Crippen molar-refractivity contribution in [2.75, 3.05) is 6.73 Å². The molecule has 0 atom stereocenters. The fourth-order valence-corrected chi connectivity index (χ4v) is 1.23. The van der Waals surface area contributed by atoms with E-state index in [2.05, 4.69) is 5.32 Å². The Morgan fingerprint density at radius 3 is 3.08 bits per heavy atom. The van der Waals surface area contributed by atoms with Crippen LogP contribution in [0.3, 0.4) is 0 Å². The van der Waals surface area contributed by atoms with E-state index in [1.807, 2.05) is 0 Å². The topological polar surface area (TPSA) is 38.3 Å². The summed E-state index contributed by atoms with van der Waals surface area (Å²) in [4.78, 5) is 11.2. The van der Waals surface area contributed by atoms with Crippen molar-refractivity contribution in [3.63, 3.8) is 0 Å². The van der Waals surface area contributed by atoms with Gasteiger partial charge >= 0.3 is 0 Å². The normalized spacial score (nSPS) is 14.5. The lowest BCUT2D eigenvalue weighted by Crippen LogP contribution is -2.33. The van der Waals surface area contributed by atoms with Gasteiger partial charge in [0.1, 0.15) is 11.6 Å². The van der Waals surface area contributed by atoms with E-state index < -0.39 is 0 Å². The largest absolute Gasteiger partial charge is 0.472 e. The van der Waals surface area contributed by atoms with Gasteiger partial charge in [-0.2, -0.15) is 0 Å². The molecule has 1 amide bonds. The van der Waals surface area contributed by atoms with E-state index in [9.17, 15) is 9.18 Å². The number of hydrogen-bond acceptors (Lipinski definition) is 2. The van der Waals surface area contributed by atoms with Crippen molar-refractivity contribution in [3.8, 4) is 5.75 Å². The molecule has 0 unspecified atom stereocenters. The van der Waals surface area contributed by atoms with Crippen molar-refractivity contribution >= 4 is 5.91 Å². The quantitative estimate of drug-likeness (QED) is 0.653. The van der Waals surface area contributed by atoms with E-state index in [4.69, 9.17) is 4.74 Å². The Morgan fingerprint density at radius 1 is 1.54 bits per heavy atom. The third kappa shape index (κ3) is 1.24. The second-order valence-corrected chi connectivity index (χ2v) is 2.89. The Kier molecular flexibility index (Phi) is 1.69. The van der Waals surface area contributed by atoms with E-state index in [0.29, 0.717) is 11.3 Å². The van der Waals surface area contributed by atoms with E-state index in [-0.39, 0.29) is 24.0 Å². The second-order valence-electron chi connectivity index (χ2n) is 2.89. The van der Waals surface area contributed by atoms with E-state index in [1.165, 1.54) is 12.1 Å². The predicted molar refractivity (Wildman–Crippen MR) is 44.1 cm³/mol. The number of nitrogens with one attached hydrogen (secondary N) is 1. The summed E-state index contributed by atoms with van der Waals surface area (Å²) in [5, 5.41) is 2.46. The van der Waals surface area contributed by atoms with Crippen LogP contribution in [0.4, 0.5) is 4.39 Å². The highest BCUT2D eigenvalue weighted by Gasteiger charge is 2.19. The average Bonchev–Trinajstić information content (AvgIpc) is 2.09. The molecule has 3 nitrogen and oxygen atoms in total. The maximum absolute atomic E-state index is 13.0. The maximum Gasteiger partial charge on any atom is 0.257 e. The third-order valence-electron chi connectivity index (χ3n) is 1.97. The highest BCUT2D eigenvalue weighted by atomic mass is 19.1. The number of halogens is 1. The van der Waals surface area contributed by atoms with Crippen LogP contribution in [0.15, 0.2) is 12.1 Å².